The Bertz CT molecular complexity index is 590. The van der Waals surface area contributed by atoms with Crippen LogP contribution in [0.25, 0.3) is 0 Å². The monoisotopic (exact) mass is 316 g/mol. The maximum Gasteiger partial charge on any atom is 0.317 e. The molecule has 1 aromatic heterocycles. The second-order valence-corrected chi connectivity index (χ2v) is 6.88. The van der Waals surface area contributed by atoms with Crippen LogP contribution < -0.4 is 5.32 Å². The zero-order chi connectivity index (χ0) is 15.5. The van der Waals surface area contributed by atoms with Crippen LogP contribution in [0.2, 0.25) is 0 Å². The van der Waals surface area contributed by atoms with Gasteiger partial charge in [-0.1, -0.05) is 5.16 Å². The van der Waals surface area contributed by atoms with Gasteiger partial charge in [0.15, 0.2) is 5.76 Å². The number of urea groups is 1. The van der Waals surface area contributed by atoms with Gasteiger partial charge in [0.05, 0.1) is 5.69 Å². The molecule has 118 valence electrons. The lowest BCUT2D eigenvalue weighted by molar-refractivity contribution is 0.172. The summed E-state index contributed by atoms with van der Waals surface area (Å²) in [5, 5.41) is 6.39. The van der Waals surface area contributed by atoms with E-state index in [0.29, 0.717) is 44.2 Å². The SMILES string of the molecule is CCNC(=O)N1CCN(S(=O)(=O)Cc2cc(C)no2)CC1. The van der Waals surface area contributed by atoms with Gasteiger partial charge in [0, 0.05) is 38.8 Å². The Morgan fingerprint density at radius 2 is 2.05 bits per heavy atom. The highest BCUT2D eigenvalue weighted by Gasteiger charge is 2.29. The second-order valence-electron chi connectivity index (χ2n) is 4.91. The van der Waals surface area contributed by atoms with Crippen molar-refractivity contribution in [1.29, 1.82) is 0 Å². The minimum absolute atomic E-state index is 0.152. The number of sulfonamides is 1. The fourth-order valence-corrected chi connectivity index (χ4v) is 3.59. The van der Waals surface area contributed by atoms with Crippen molar-refractivity contribution in [3.8, 4) is 0 Å². The summed E-state index contributed by atoms with van der Waals surface area (Å²) in [6.07, 6.45) is 0. The fourth-order valence-electron chi connectivity index (χ4n) is 2.19. The maximum absolute atomic E-state index is 12.3. The Morgan fingerprint density at radius 3 is 2.57 bits per heavy atom. The summed E-state index contributed by atoms with van der Waals surface area (Å²) in [5.41, 5.74) is 0.654. The van der Waals surface area contributed by atoms with Crippen molar-refractivity contribution >= 4 is 16.1 Å². The molecule has 0 aromatic carbocycles. The number of aryl methyl sites for hydroxylation is 1. The molecule has 2 amide bonds. The van der Waals surface area contributed by atoms with Gasteiger partial charge in [0.25, 0.3) is 0 Å². The lowest BCUT2D eigenvalue weighted by Crippen LogP contribution is -2.53. The lowest BCUT2D eigenvalue weighted by atomic mass is 10.4. The Balaban J connectivity index is 1.93. The Morgan fingerprint density at radius 1 is 1.38 bits per heavy atom. The summed E-state index contributed by atoms with van der Waals surface area (Å²) in [6.45, 7) is 5.52. The van der Waals surface area contributed by atoms with Crippen molar-refractivity contribution in [1.82, 2.24) is 19.7 Å². The predicted octanol–water partition coefficient (Wildman–Crippen LogP) is 0.160. The number of carbonyl (C=O) groups excluding carboxylic acids is 1. The molecule has 21 heavy (non-hydrogen) atoms. The van der Waals surface area contributed by atoms with Crippen LogP contribution in [0.4, 0.5) is 4.79 Å². The van der Waals surface area contributed by atoms with E-state index in [1.54, 1.807) is 17.9 Å². The van der Waals surface area contributed by atoms with Crippen LogP contribution in [-0.2, 0) is 15.8 Å². The minimum atomic E-state index is -3.44. The molecule has 1 fully saturated rings. The summed E-state index contributed by atoms with van der Waals surface area (Å²) in [4.78, 5) is 13.3. The van der Waals surface area contributed by atoms with E-state index in [0.717, 1.165) is 0 Å². The standard InChI is InChI=1S/C12H20N4O4S/c1-3-13-12(17)15-4-6-16(7-5-15)21(18,19)9-11-8-10(2)14-20-11/h8H,3-7,9H2,1-2H3,(H,13,17). The van der Waals surface area contributed by atoms with Crippen molar-refractivity contribution in [2.45, 2.75) is 19.6 Å². The minimum Gasteiger partial charge on any atom is -0.360 e. The van der Waals surface area contributed by atoms with Gasteiger partial charge in [-0.2, -0.15) is 4.31 Å². The van der Waals surface area contributed by atoms with Crippen LogP contribution in [0.5, 0.6) is 0 Å². The highest BCUT2D eigenvalue weighted by atomic mass is 32.2. The smallest absolute Gasteiger partial charge is 0.317 e. The molecule has 0 aliphatic carbocycles. The summed E-state index contributed by atoms with van der Waals surface area (Å²) in [6, 6.07) is 1.46. The van der Waals surface area contributed by atoms with Gasteiger partial charge < -0.3 is 14.7 Å². The molecule has 0 radical (unpaired) electrons. The molecule has 0 bridgehead atoms. The molecule has 0 spiro atoms. The van der Waals surface area contributed by atoms with E-state index < -0.39 is 10.0 Å². The average molecular weight is 316 g/mol. The molecule has 0 unspecified atom stereocenters. The first-order valence-electron chi connectivity index (χ1n) is 6.85. The normalized spacial score (nSPS) is 17.0. The van der Waals surface area contributed by atoms with Gasteiger partial charge in [-0.15, -0.1) is 0 Å². The number of hydrogen-bond acceptors (Lipinski definition) is 5. The van der Waals surface area contributed by atoms with Crippen molar-refractivity contribution < 1.29 is 17.7 Å². The molecule has 0 saturated carbocycles. The third-order valence-corrected chi connectivity index (χ3v) is 5.05. The van der Waals surface area contributed by atoms with Gasteiger partial charge in [-0.25, -0.2) is 13.2 Å². The third kappa shape index (κ3) is 3.94. The summed E-state index contributed by atoms with van der Waals surface area (Å²) >= 11 is 0. The van der Waals surface area contributed by atoms with Crippen molar-refractivity contribution in [3.63, 3.8) is 0 Å². The molecule has 1 aromatic rings. The predicted molar refractivity (Wildman–Crippen MR) is 76.1 cm³/mol. The van der Waals surface area contributed by atoms with Gasteiger partial charge in [-0.3, -0.25) is 0 Å². The zero-order valence-corrected chi connectivity index (χ0v) is 13.0. The van der Waals surface area contributed by atoms with Crippen LogP contribution in [0.1, 0.15) is 18.4 Å². The van der Waals surface area contributed by atoms with E-state index in [4.69, 9.17) is 4.52 Å². The first-order chi connectivity index (χ1) is 9.92. The quantitative estimate of drug-likeness (QED) is 0.853. The molecule has 0 atom stereocenters. The maximum atomic E-state index is 12.3. The Labute approximate surface area is 124 Å². The summed E-state index contributed by atoms with van der Waals surface area (Å²) < 4.78 is 30.9. The van der Waals surface area contributed by atoms with Crippen LogP contribution in [0.3, 0.4) is 0 Å². The number of nitrogens with zero attached hydrogens (tertiary/aromatic N) is 3. The van der Waals surface area contributed by atoms with Gasteiger partial charge in [0.2, 0.25) is 10.0 Å². The van der Waals surface area contributed by atoms with Gasteiger partial charge >= 0.3 is 6.03 Å². The number of amides is 2. The fraction of sp³-hybridized carbons (Fsp3) is 0.667. The number of carbonyl (C=O) groups is 1. The van der Waals surface area contributed by atoms with Crippen molar-refractivity contribution in [3.05, 3.63) is 17.5 Å². The van der Waals surface area contributed by atoms with E-state index in [9.17, 15) is 13.2 Å². The number of aromatic nitrogens is 1. The zero-order valence-electron chi connectivity index (χ0n) is 12.2. The number of piperazine rings is 1. The van der Waals surface area contributed by atoms with Crippen molar-refractivity contribution in [2.75, 3.05) is 32.7 Å². The number of hydrogen-bond donors (Lipinski definition) is 1. The highest BCUT2D eigenvalue weighted by Crippen LogP contribution is 2.14. The first-order valence-corrected chi connectivity index (χ1v) is 8.46. The van der Waals surface area contributed by atoms with Crippen LogP contribution in [-0.4, -0.2) is 61.5 Å². The second kappa shape index (κ2) is 6.44. The molecule has 1 saturated heterocycles. The Kier molecular flexibility index (Phi) is 4.84. The largest absolute Gasteiger partial charge is 0.360 e. The van der Waals surface area contributed by atoms with E-state index in [1.165, 1.54) is 4.31 Å². The lowest BCUT2D eigenvalue weighted by Gasteiger charge is -2.33. The molecule has 1 aliphatic heterocycles. The van der Waals surface area contributed by atoms with Crippen LogP contribution in [0.15, 0.2) is 10.6 Å². The molecule has 1 aliphatic rings. The topological polar surface area (TPSA) is 95.8 Å². The van der Waals surface area contributed by atoms with E-state index in [1.807, 2.05) is 6.92 Å². The molecular formula is C12H20N4O4S. The van der Waals surface area contributed by atoms with Gasteiger partial charge in [-0.05, 0) is 13.8 Å². The summed E-state index contributed by atoms with van der Waals surface area (Å²) in [7, 11) is -3.44. The molecular weight excluding hydrogens is 296 g/mol. The highest BCUT2D eigenvalue weighted by molar-refractivity contribution is 7.88. The van der Waals surface area contributed by atoms with Crippen LogP contribution >= 0.6 is 0 Å². The molecule has 1 N–H and O–H groups in total. The molecule has 8 nitrogen and oxygen atoms in total. The van der Waals surface area contributed by atoms with Gasteiger partial charge in [0.1, 0.15) is 5.75 Å². The average Bonchev–Trinajstić information content (AvgIpc) is 2.84. The number of nitrogens with one attached hydrogen (secondary N) is 1. The third-order valence-electron chi connectivity index (χ3n) is 3.25. The number of rotatable bonds is 4. The van der Waals surface area contributed by atoms with Crippen molar-refractivity contribution in [2.24, 2.45) is 0 Å². The Hall–Kier alpha value is -1.61. The molecule has 2 heterocycles. The summed E-state index contributed by atoms with van der Waals surface area (Å²) in [5.74, 6) is 0.133. The molecule has 9 heteroatoms. The first kappa shape index (κ1) is 15.8. The molecule has 2 rings (SSSR count). The van der Waals surface area contributed by atoms with E-state index in [-0.39, 0.29) is 11.8 Å². The van der Waals surface area contributed by atoms with Crippen LogP contribution in [0, 0.1) is 6.92 Å². The van der Waals surface area contributed by atoms with E-state index in [2.05, 4.69) is 10.5 Å². The van der Waals surface area contributed by atoms with E-state index >= 15 is 0 Å².